The maximum atomic E-state index is 12.5. The van der Waals surface area contributed by atoms with E-state index in [1.54, 1.807) is 7.05 Å². The molecule has 2 saturated heterocycles. The first-order chi connectivity index (χ1) is 10.5. The van der Waals surface area contributed by atoms with Crippen LogP contribution >= 0.6 is 0 Å². The average Bonchev–Trinajstić information content (AvgIpc) is 3.04. The van der Waals surface area contributed by atoms with Crippen molar-refractivity contribution in [1.82, 2.24) is 9.91 Å². The fourth-order valence-corrected chi connectivity index (χ4v) is 3.97. The number of anilines is 1. The summed E-state index contributed by atoms with van der Waals surface area (Å²) in [5, 5.41) is 8.56. The molecule has 0 bridgehead atoms. The van der Waals surface area contributed by atoms with Gasteiger partial charge in [0.25, 0.3) is 0 Å². The Bertz CT molecular complexity index is 701. The molecule has 114 valence electrons. The van der Waals surface area contributed by atoms with Gasteiger partial charge < -0.3 is 0 Å². The zero-order valence-electron chi connectivity index (χ0n) is 12.9. The van der Waals surface area contributed by atoms with Crippen molar-refractivity contribution in [3.8, 4) is 0 Å². The number of hydrazone groups is 1. The largest absolute Gasteiger partial charge is 0.285 e. The van der Waals surface area contributed by atoms with Crippen molar-refractivity contribution in [2.75, 3.05) is 18.7 Å². The molecule has 6 heteroatoms. The summed E-state index contributed by atoms with van der Waals surface area (Å²) in [6, 6.07) is 9.82. The average molecular weight is 298 g/mol. The van der Waals surface area contributed by atoms with E-state index < -0.39 is 5.54 Å². The van der Waals surface area contributed by atoms with Crippen molar-refractivity contribution in [2.24, 2.45) is 16.9 Å². The van der Waals surface area contributed by atoms with E-state index in [1.165, 1.54) is 4.90 Å². The second kappa shape index (κ2) is 4.16. The second-order valence-electron chi connectivity index (χ2n) is 6.36. The van der Waals surface area contributed by atoms with Crippen molar-refractivity contribution < 1.29 is 9.59 Å². The Balaban J connectivity index is 1.79. The van der Waals surface area contributed by atoms with E-state index in [2.05, 4.69) is 10.1 Å². The fraction of sp³-hybridized carbons (Fsp3) is 0.438. The molecule has 1 aromatic carbocycles. The lowest BCUT2D eigenvalue weighted by atomic mass is 9.80. The van der Waals surface area contributed by atoms with Gasteiger partial charge in [-0.05, 0) is 26.0 Å². The highest BCUT2D eigenvalue weighted by atomic mass is 16.2. The Hall–Kier alpha value is -2.21. The number of imide groups is 1. The molecular weight excluding hydrogens is 280 g/mol. The summed E-state index contributed by atoms with van der Waals surface area (Å²) >= 11 is 0. The molecule has 0 saturated carbocycles. The van der Waals surface area contributed by atoms with Crippen LogP contribution in [-0.2, 0) is 9.59 Å². The highest BCUT2D eigenvalue weighted by molar-refractivity contribution is 6.10. The molecule has 4 rings (SSSR count). The summed E-state index contributed by atoms with van der Waals surface area (Å²) in [6.07, 6.45) is 0. The van der Waals surface area contributed by atoms with Gasteiger partial charge in [-0.2, -0.15) is 15.2 Å². The predicted molar refractivity (Wildman–Crippen MR) is 81.9 cm³/mol. The predicted octanol–water partition coefficient (Wildman–Crippen LogP) is 1.10. The van der Waals surface area contributed by atoms with E-state index in [9.17, 15) is 9.59 Å². The van der Waals surface area contributed by atoms with Crippen LogP contribution in [0.15, 0.2) is 35.4 Å². The normalized spacial score (nSPS) is 34.2. The lowest BCUT2D eigenvalue weighted by Gasteiger charge is -2.35. The summed E-state index contributed by atoms with van der Waals surface area (Å²) in [4.78, 5) is 26.2. The van der Waals surface area contributed by atoms with Gasteiger partial charge in [0.2, 0.25) is 11.8 Å². The molecule has 3 heterocycles. The van der Waals surface area contributed by atoms with Crippen molar-refractivity contribution >= 4 is 23.2 Å². The minimum atomic E-state index is -0.530. The van der Waals surface area contributed by atoms with E-state index in [0.29, 0.717) is 6.54 Å². The van der Waals surface area contributed by atoms with E-state index >= 15 is 0 Å². The maximum absolute atomic E-state index is 12.5. The van der Waals surface area contributed by atoms with Gasteiger partial charge in [0.1, 0.15) is 0 Å². The van der Waals surface area contributed by atoms with E-state index in [4.69, 9.17) is 0 Å². The molecule has 6 nitrogen and oxygen atoms in total. The number of carbonyl (C=O) groups excluding carboxylic acids is 2. The number of nitrogens with zero attached hydrogens (tertiary/aromatic N) is 4. The maximum Gasteiger partial charge on any atom is 0.235 e. The highest BCUT2D eigenvalue weighted by Crippen LogP contribution is 2.49. The topological polar surface area (TPSA) is 56.2 Å². The van der Waals surface area contributed by atoms with Crippen molar-refractivity contribution in [1.29, 1.82) is 0 Å². The van der Waals surface area contributed by atoms with Gasteiger partial charge >= 0.3 is 0 Å². The Labute approximate surface area is 129 Å². The lowest BCUT2D eigenvalue weighted by Crippen LogP contribution is -2.53. The number of rotatable bonds is 1. The molecule has 0 aromatic heterocycles. The van der Waals surface area contributed by atoms with Gasteiger partial charge in [-0.15, -0.1) is 0 Å². The van der Waals surface area contributed by atoms with Gasteiger partial charge in [0.15, 0.2) is 0 Å². The lowest BCUT2D eigenvalue weighted by molar-refractivity contribution is -0.139. The molecule has 2 amide bonds. The molecule has 3 aliphatic heterocycles. The zero-order chi connectivity index (χ0) is 15.6. The standard InChI is InChI=1S/C16H18N4O2/c1-10-16(2)13-12(14(21)18(3)15(13)22)9-19(16)20(17-10)11-7-5-4-6-8-11/h4-8,12-13H,9H2,1-3H3/t12-,13+,16+/m0/s1. The van der Waals surface area contributed by atoms with Crippen LogP contribution in [-0.4, -0.2) is 46.6 Å². The van der Waals surface area contributed by atoms with Crippen LogP contribution in [0.2, 0.25) is 0 Å². The molecule has 0 unspecified atom stereocenters. The van der Waals surface area contributed by atoms with Crippen LogP contribution in [0.4, 0.5) is 5.69 Å². The third-order valence-corrected chi connectivity index (χ3v) is 5.35. The van der Waals surface area contributed by atoms with Crippen LogP contribution in [0.5, 0.6) is 0 Å². The number of carbonyl (C=O) groups is 2. The minimum absolute atomic E-state index is 0.0774. The number of para-hydroxylation sites is 1. The van der Waals surface area contributed by atoms with Crippen LogP contribution in [0, 0.1) is 11.8 Å². The molecule has 0 spiro atoms. The summed E-state index contributed by atoms with van der Waals surface area (Å²) < 4.78 is 0. The van der Waals surface area contributed by atoms with Gasteiger partial charge in [-0.25, -0.2) is 0 Å². The third-order valence-electron chi connectivity index (χ3n) is 5.35. The molecular formula is C16H18N4O2. The second-order valence-corrected chi connectivity index (χ2v) is 6.36. The Morgan fingerprint density at radius 1 is 1.18 bits per heavy atom. The first kappa shape index (κ1) is 13.5. The summed E-state index contributed by atoms with van der Waals surface area (Å²) in [7, 11) is 1.58. The molecule has 3 aliphatic rings. The van der Waals surface area contributed by atoms with Crippen LogP contribution < -0.4 is 5.12 Å². The molecule has 2 fully saturated rings. The molecule has 0 radical (unpaired) electrons. The van der Waals surface area contributed by atoms with Gasteiger partial charge in [-0.1, -0.05) is 18.2 Å². The Morgan fingerprint density at radius 2 is 1.86 bits per heavy atom. The van der Waals surface area contributed by atoms with Crippen LogP contribution in [0.3, 0.4) is 0 Å². The summed E-state index contributed by atoms with van der Waals surface area (Å²) in [5.74, 6) is -0.794. The molecule has 0 N–H and O–H groups in total. The van der Waals surface area contributed by atoms with Crippen molar-refractivity contribution in [3.63, 3.8) is 0 Å². The number of benzene rings is 1. The SMILES string of the molecule is CC1=NN(c2ccccc2)N2C[C@@H]3C(=O)N(C)C(=O)[C@@H]3[C@@]12C. The smallest absolute Gasteiger partial charge is 0.235 e. The number of hydrogen-bond acceptors (Lipinski definition) is 5. The van der Waals surface area contributed by atoms with Gasteiger partial charge in [0, 0.05) is 13.6 Å². The monoisotopic (exact) mass is 298 g/mol. The van der Waals surface area contributed by atoms with E-state index in [0.717, 1.165) is 11.4 Å². The quantitative estimate of drug-likeness (QED) is 0.729. The number of likely N-dealkylation sites (tertiary alicyclic amines) is 1. The van der Waals surface area contributed by atoms with Crippen molar-refractivity contribution in [3.05, 3.63) is 30.3 Å². The fourth-order valence-electron chi connectivity index (χ4n) is 3.97. The van der Waals surface area contributed by atoms with E-state index in [-0.39, 0.29) is 23.7 Å². The Kier molecular flexibility index (Phi) is 2.55. The first-order valence-corrected chi connectivity index (χ1v) is 7.46. The Morgan fingerprint density at radius 3 is 2.55 bits per heavy atom. The number of amides is 2. The highest BCUT2D eigenvalue weighted by Gasteiger charge is 2.66. The molecule has 22 heavy (non-hydrogen) atoms. The summed E-state index contributed by atoms with van der Waals surface area (Å²) in [6.45, 7) is 4.48. The van der Waals surface area contributed by atoms with E-state index in [1.807, 2.05) is 49.3 Å². The van der Waals surface area contributed by atoms with Gasteiger partial charge in [0.05, 0.1) is 28.8 Å². The number of hydrogen-bond donors (Lipinski definition) is 0. The molecule has 1 aromatic rings. The zero-order valence-corrected chi connectivity index (χ0v) is 12.9. The van der Waals surface area contributed by atoms with Crippen LogP contribution in [0.1, 0.15) is 13.8 Å². The minimum Gasteiger partial charge on any atom is -0.285 e. The molecule has 3 atom stereocenters. The van der Waals surface area contributed by atoms with Gasteiger partial charge in [-0.3, -0.25) is 14.5 Å². The number of hydrazine groups is 1. The third kappa shape index (κ3) is 1.40. The first-order valence-electron chi connectivity index (χ1n) is 7.46. The number of fused-ring (bicyclic) bond motifs is 3. The molecule has 0 aliphatic carbocycles. The van der Waals surface area contributed by atoms with Crippen molar-refractivity contribution in [2.45, 2.75) is 19.4 Å². The van der Waals surface area contributed by atoms with Crippen LogP contribution in [0.25, 0.3) is 0 Å². The summed E-state index contributed by atoms with van der Waals surface area (Å²) in [5.41, 5.74) is 1.29.